The van der Waals surface area contributed by atoms with Crippen LogP contribution < -0.4 is 4.43 Å². The van der Waals surface area contributed by atoms with Crippen molar-refractivity contribution in [1.29, 1.82) is 0 Å². The molecule has 0 aliphatic carbocycles. The fraction of sp³-hybridized carbons (Fsp3) is 0.333. The summed E-state index contributed by atoms with van der Waals surface area (Å²) in [7, 11) is 1.12. The number of rotatable bonds is 4. The zero-order valence-electron chi connectivity index (χ0n) is 12.6. The van der Waals surface area contributed by atoms with Gasteiger partial charge in [-0.05, 0) is 39.1 Å². The molecule has 5 heteroatoms. The molecule has 0 aliphatic rings. The van der Waals surface area contributed by atoms with E-state index in [9.17, 15) is 0 Å². The molecule has 1 radical (unpaired) electrons. The van der Waals surface area contributed by atoms with Crippen molar-refractivity contribution in [2.75, 3.05) is 0 Å². The highest BCUT2D eigenvalue weighted by Gasteiger charge is 2.09. The first kappa shape index (κ1) is 14.5. The topological polar surface area (TPSA) is 39.4 Å². The number of hydrogen-bond acceptors (Lipinski definition) is 3. The number of para-hydroxylation sites is 2. The number of aromatic nitrogens is 2. The van der Waals surface area contributed by atoms with E-state index in [1.54, 1.807) is 0 Å². The fourth-order valence-corrected chi connectivity index (χ4v) is 2.66. The number of nitrogens with zero attached hydrogens (tertiary/aromatic N) is 3. The average Bonchev–Trinajstić information content (AvgIpc) is 2.70. The van der Waals surface area contributed by atoms with E-state index in [0.29, 0.717) is 0 Å². The van der Waals surface area contributed by atoms with E-state index in [1.807, 2.05) is 56.0 Å². The van der Waals surface area contributed by atoms with E-state index in [4.69, 9.17) is 9.42 Å². The summed E-state index contributed by atoms with van der Waals surface area (Å²) >= 11 is 0. The fourth-order valence-electron chi connectivity index (χ4n) is 2.05. The van der Waals surface area contributed by atoms with Crippen molar-refractivity contribution >= 4 is 20.4 Å². The molecule has 0 bridgehead atoms. The van der Waals surface area contributed by atoms with Crippen molar-refractivity contribution in [3.05, 3.63) is 41.7 Å². The van der Waals surface area contributed by atoms with E-state index in [0.717, 1.165) is 28.4 Å². The number of hydrogen-bond donors (Lipinski definition) is 0. The summed E-state index contributed by atoms with van der Waals surface area (Å²) in [6, 6.07) is 7.91. The van der Waals surface area contributed by atoms with Crippen LogP contribution in [0.4, 0.5) is 5.69 Å². The normalized spacial score (nSPS) is 12.0. The Hall–Kier alpha value is -1.88. The summed E-state index contributed by atoms with van der Waals surface area (Å²) in [6.07, 6.45) is 1.99. The molecule has 0 saturated carbocycles. The minimum atomic E-state index is -0.798. The van der Waals surface area contributed by atoms with Crippen molar-refractivity contribution in [2.24, 2.45) is 12.0 Å². The lowest BCUT2D eigenvalue weighted by molar-refractivity contribution is 0.582. The zero-order chi connectivity index (χ0) is 14.7. The van der Waals surface area contributed by atoms with Gasteiger partial charge in [-0.1, -0.05) is 12.1 Å². The highest BCUT2D eigenvalue weighted by atomic mass is 28.3. The first-order valence-corrected chi connectivity index (χ1v) is 9.01. The third-order valence-corrected chi connectivity index (χ3v) is 3.50. The Bertz CT molecular complexity index is 632. The molecular weight excluding hydrogens is 266 g/mol. The Morgan fingerprint density at radius 3 is 2.60 bits per heavy atom. The maximum absolute atomic E-state index is 5.89. The van der Waals surface area contributed by atoms with Crippen molar-refractivity contribution < 1.29 is 4.43 Å². The summed E-state index contributed by atoms with van der Waals surface area (Å²) in [5, 5.41) is 4.35. The van der Waals surface area contributed by atoms with Crippen molar-refractivity contribution in [2.45, 2.75) is 26.9 Å². The Morgan fingerprint density at radius 1 is 1.30 bits per heavy atom. The maximum Gasteiger partial charge on any atom is 0.274 e. The molecule has 0 spiro atoms. The van der Waals surface area contributed by atoms with E-state index in [-0.39, 0.29) is 0 Å². The summed E-state index contributed by atoms with van der Waals surface area (Å²) in [4.78, 5) is 4.71. The van der Waals surface area contributed by atoms with Gasteiger partial charge in [-0.25, -0.2) is 4.99 Å². The molecule has 1 heterocycles. The van der Waals surface area contributed by atoms with Crippen molar-refractivity contribution in [3.8, 4) is 5.75 Å². The van der Waals surface area contributed by atoms with Gasteiger partial charge < -0.3 is 4.43 Å². The Balaban J connectivity index is 2.37. The molecule has 1 aromatic carbocycles. The number of aryl methyl sites for hydroxylation is 2. The first-order valence-electron chi connectivity index (χ1n) is 6.60. The third-order valence-electron chi connectivity index (χ3n) is 2.87. The molecule has 0 fully saturated rings. The van der Waals surface area contributed by atoms with Gasteiger partial charge >= 0.3 is 0 Å². The number of aliphatic imine (C=N–C) groups is 1. The third kappa shape index (κ3) is 3.36. The van der Waals surface area contributed by atoms with E-state index in [2.05, 4.69) is 18.2 Å². The molecule has 0 atom stereocenters. The van der Waals surface area contributed by atoms with Crippen molar-refractivity contribution in [3.63, 3.8) is 0 Å². The summed E-state index contributed by atoms with van der Waals surface area (Å²) in [5.74, 6) is 0.854. The van der Waals surface area contributed by atoms with Gasteiger partial charge in [-0.15, -0.1) is 0 Å². The monoisotopic (exact) mass is 286 g/mol. The quantitative estimate of drug-likeness (QED) is 0.637. The lowest BCUT2D eigenvalue weighted by Crippen LogP contribution is -2.11. The lowest BCUT2D eigenvalue weighted by Gasteiger charge is -2.11. The van der Waals surface area contributed by atoms with Gasteiger partial charge in [0, 0.05) is 24.5 Å². The summed E-state index contributed by atoms with van der Waals surface area (Å²) in [5.41, 5.74) is 3.88. The molecule has 2 aromatic rings. The van der Waals surface area contributed by atoms with Gasteiger partial charge in [0.1, 0.15) is 11.4 Å². The molecule has 0 amide bonds. The predicted molar refractivity (Wildman–Crippen MR) is 84.4 cm³/mol. The van der Waals surface area contributed by atoms with Crippen LogP contribution >= 0.6 is 0 Å². The van der Waals surface area contributed by atoms with Gasteiger partial charge in [-0.3, -0.25) is 4.68 Å². The van der Waals surface area contributed by atoms with Crippen LogP contribution in [0.25, 0.3) is 0 Å². The van der Waals surface area contributed by atoms with Gasteiger partial charge in [0.25, 0.3) is 9.04 Å². The molecular formula is C15H20N3OSi. The lowest BCUT2D eigenvalue weighted by atomic mass is 10.2. The smallest absolute Gasteiger partial charge is 0.274 e. The van der Waals surface area contributed by atoms with Gasteiger partial charge in [-0.2, -0.15) is 5.10 Å². The zero-order valence-corrected chi connectivity index (χ0v) is 13.6. The van der Waals surface area contributed by atoms with E-state index >= 15 is 0 Å². The van der Waals surface area contributed by atoms with Gasteiger partial charge in [0.15, 0.2) is 0 Å². The van der Waals surface area contributed by atoms with Crippen LogP contribution in [0.2, 0.25) is 13.1 Å². The Morgan fingerprint density at radius 2 is 2.00 bits per heavy atom. The molecule has 1 aromatic heterocycles. The van der Waals surface area contributed by atoms with Crippen LogP contribution in [0.15, 0.2) is 35.5 Å². The highest BCUT2D eigenvalue weighted by molar-refractivity contribution is 6.49. The van der Waals surface area contributed by atoms with Gasteiger partial charge in [0.05, 0.1) is 5.69 Å². The second-order valence-corrected chi connectivity index (χ2v) is 7.00. The number of benzene rings is 1. The molecule has 105 valence electrons. The molecule has 2 rings (SSSR count). The molecule has 0 aliphatic heterocycles. The molecule has 4 nitrogen and oxygen atoms in total. The van der Waals surface area contributed by atoms with Crippen LogP contribution in [-0.4, -0.2) is 24.5 Å². The van der Waals surface area contributed by atoms with Crippen LogP contribution in [0, 0.1) is 6.92 Å². The minimum Gasteiger partial charge on any atom is -0.541 e. The minimum absolute atomic E-state index is 0.798. The van der Waals surface area contributed by atoms with Crippen LogP contribution in [0.3, 0.4) is 0 Å². The van der Waals surface area contributed by atoms with Crippen LogP contribution in [-0.2, 0) is 7.05 Å². The average molecular weight is 286 g/mol. The molecule has 0 unspecified atom stereocenters. The summed E-state index contributed by atoms with van der Waals surface area (Å²) < 4.78 is 7.70. The highest BCUT2D eigenvalue weighted by Crippen LogP contribution is 2.28. The first-order chi connectivity index (χ1) is 9.47. The SMILES string of the molecule is CC(=Nc1ccccc1O[Si](C)C)c1cn(C)nc1C. The van der Waals surface area contributed by atoms with E-state index in [1.165, 1.54) is 0 Å². The van der Waals surface area contributed by atoms with Crippen molar-refractivity contribution in [1.82, 2.24) is 9.78 Å². The standard InChI is InChI=1S/C15H20N3OSi/c1-11(13-10-18(3)17-12(13)2)16-14-8-6-7-9-15(14)19-20(4)5/h6-10H,1-5H3. The summed E-state index contributed by atoms with van der Waals surface area (Å²) in [6.45, 7) is 8.23. The molecule has 0 saturated heterocycles. The van der Waals surface area contributed by atoms with Crippen LogP contribution in [0.1, 0.15) is 18.2 Å². The largest absolute Gasteiger partial charge is 0.541 e. The Kier molecular flexibility index (Phi) is 4.39. The molecule has 0 N–H and O–H groups in total. The van der Waals surface area contributed by atoms with Gasteiger partial charge in [0.2, 0.25) is 0 Å². The molecule has 20 heavy (non-hydrogen) atoms. The van der Waals surface area contributed by atoms with Crippen LogP contribution in [0.5, 0.6) is 5.75 Å². The maximum atomic E-state index is 5.89. The Labute approximate surface area is 121 Å². The second kappa shape index (κ2) is 6.05. The van der Waals surface area contributed by atoms with E-state index < -0.39 is 9.04 Å². The predicted octanol–water partition coefficient (Wildman–Crippen LogP) is 3.50. The second-order valence-electron chi connectivity index (χ2n) is 4.98.